The molecule has 14 heteroatoms. The summed E-state index contributed by atoms with van der Waals surface area (Å²) < 4.78 is 66.3. The highest BCUT2D eigenvalue weighted by molar-refractivity contribution is 7.92. The van der Waals surface area contributed by atoms with Crippen LogP contribution in [0.3, 0.4) is 0 Å². The monoisotopic (exact) mass is 629 g/mol. The molecule has 0 aliphatic carbocycles. The Morgan fingerprint density at radius 1 is 1.03 bits per heavy atom. The third kappa shape index (κ3) is 8.89. The minimum atomic E-state index is -4.86. The summed E-state index contributed by atoms with van der Waals surface area (Å²) >= 11 is 18.3. The van der Waals surface area contributed by atoms with Crippen LogP contribution in [0.25, 0.3) is 0 Å². The average Bonchev–Trinajstić information content (AvgIpc) is 2.83. The van der Waals surface area contributed by atoms with Crippen molar-refractivity contribution < 1.29 is 31.2 Å². The Morgan fingerprint density at radius 2 is 1.64 bits per heavy atom. The van der Waals surface area contributed by atoms with Crippen molar-refractivity contribution in [1.82, 2.24) is 10.2 Å². The van der Waals surface area contributed by atoms with E-state index in [9.17, 15) is 31.2 Å². The van der Waals surface area contributed by atoms with Crippen molar-refractivity contribution in [3.63, 3.8) is 0 Å². The molecule has 216 valence electrons. The summed E-state index contributed by atoms with van der Waals surface area (Å²) in [4.78, 5) is 27.9. The zero-order chi connectivity index (χ0) is 29.5. The van der Waals surface area contributed by atoms with E-state index in [1.165, 1.54) is 0 Å². The van der Waals surface area contributed by atoms with E-state index >= 15 is 0 Å². The quantitative estimate of drug-likeness (QED) is 0.285. The first-order valence-electron chi connectivity index (χ1n) is 12.0. The summed E-state index contributed by atoms with van der Waals surface area (Å²) in [7, 11) is -4.26. The topological polar surface area (TPSA) is 86.8 Å². The Labute approximate surface area is 241 Å². The van der Waals surface area contributed by atoms with E-state index < -0.39 is 56.9 Å². The van der Waals surface area contributed by atoms with Crippen LogP contribution in [0.4, 0.5) is 18.9 Å². The van der Waals surface area contributed by atoms with Crippen molar-refractivity contribution in [3.8, 4) is 0 Å². The largest absolute Gasteiger partial charge is 0.417 e. The van der Waals surface area contributed by atoms with Crippen molar-refractivity contribution in [2.75, 3.05) is 23.7 Å². The van der Waals surface area contributed by atoms with E-state index in [2.05, 4.69) is 5.32 Å². The van der Waals surface area contributed by atoms with Gasteiger partial charge in [-0.1, -0.05) is 61.1 Å². The molecule has 0 unspecified atom stereocenters. The second-order valence-corrected chi connectivity index (χ2v) is 11.9. The molecule has 0 aliphatic rings. The number of hydrogen-bond acceptors (Lipinski definition) is 4. The normalized spacial score (nSPS) is 12.6. The third-order valence-corrected chi connectivity index (χ3v) is 8.01. The summed E-state index contributed by atoms with van der Waals surface area (Å²) in [5, 5.41) is 2.56. The van der Waals surface area contributed by atoms with Gasteiger partial charge in [0.15, 0.2) is 0 Å². The molecule has 1 atom stereocenters. The van der Waals surface area contributed by atoms with Gasteiger partial charge in [-0.2, -0.15) is 13.2 Å². The molecular formula is C25H29Cl3F3N3O4S. The van der Waals surface area contributed by atoms with Gasteiger partial charge in [0.2, 0.25) is 21.8 Å². The summed E-state index contributed by atoms with van der Waals surface area (Å²) in [6.07, 6.45) is -2.43. The number of carbonyl (C=O) groups is 2. The predicted molar refractivity (Wildman–Crippen MR) is 148 cm³/mol. The Bertz CT molecular complexity index is 1270. The second kappa shape index (κ2) is 13.9. The van der Waals surface area contributed by atoms with E-state index in [0.717, 1.165) is 29.7 Å². The minimum absolute atomic E-state index is 0.157. The maximum atomic E-state index is 13.7. The lowest BCUT2D eigenvalue weighted by atomic mass is 10.1. The number of carbonyl (C=O) groups excluding carboxylic acids is 2. The van der Waals surface area contributed by atoms with Gasteiger partial charge in [-0.05, 0) is 43.2 Å². The summed E-state index contributed by atoms with van der Waals surface area (Å²) in [6, 6.07) is 6.17. The molecule has 0 saturated heterocycles. The average molecular weight is 631 g/mol. The molecule has 0 aliphatic heterocycles. The maximum absolute atomic E-state index is 13.7. The molecule has 0 spiro atoms. The predicted octanol–water partition coefficient (Wildman–Crippen LogP) is 6.16. The summed E-state index contributed by atoms with van der Waals surface area (Å²) in [6.45, 7) is 2.84. The lowest BCUT2D eigenvalue weighted by Crippen LogP contribution is -2.52. The van der Waals surface area contributed by atoms with Crippen LogP contribution >= 0.6 is 34.8 Å². The summed E-state index contributed by atoms with van der Waals surface area (Å²) in [5.41, 5.74) is -1.35. The zero-order valence-electron chi connectivity index (χ0n) is 21.5. The number of amides is 2. The number of benzene rings is 2. The van der Waals surface area contributed by atoms with Gasteiger partial charge in [-0.25, -0.2) is 8.42 Å². The van der Waals surface area contributed by atoms with Crippen LogP contribution in [0.15, 0.2) is 36.4 Å². The van der Waals surface area contributed by atoms with Gasteiger partial charge in [-0.3, -0.25) is 13.9 Å². The smallest absolute Gasteiger partial charge is 0.354 e. The number of halogens is 6. The molecule has 39 heavy (non-hydrogen) atoms. The number of rotatable bonds is 12. The first-order valence-corrected chi connectivity index (χ1v) is 14.9. The maximum Gasteiger partial charge on any atom is 0.417 e. The minimum Gasteiger partial charge on any atom is -0.354 e. The Balaban J connectivity index is 2.55. The van der Waals surface area contributed by atoms with Gasteiger partial charge in [0.25, 0.3) is 0 Å². The van der Waals surface area contributed by atoms with Gasteiger partial charge < -0.3 is 10.2 Å². The van der Waals surface area contributed by atoms with Crippen LogP contribution in [0.2, 0.25) is 15.1 Å². The first kappa shape index (κ1) is 33.0. The molecule has 2 rings (SSSR count). The molecule has 0 bridgehead atoms. The van der Waals surface area contributed by atoms with Crippen molar-refractivity contribution in [2.24, 2.45) is 0 Å². The molecule has 2 aromatic rings. The SMILES string of the molecule is CCCCNC(=O)[C@@H](CC)N(Cc1c(Cl)cccc1Cl)C(=O)CN(c1ccc(Cl)c(C(F)(F)F)c1)S(C)(=O)=O. The van der Waals surface area contributed by atoms with E-state index in [-0.39, 0.29) is 23.0 Å². The van der Waals surface area contributed by atoms with Crippen molar-refractivity contribution in [3.05, 3.63) is 62.6 Å². The number of anilines is 1. The molecular weight excluding hydrogens is 602 g/mol. The van der Waals surface area contributed by atoms with Gasteiger partial charge in [-0.15, -0.1) is 0 Å². The molecule has 1 N–H and O–H groups in total. The van der Waals surface area contributed by atoms with Gasteiger partial charge in [0.05, 0.1) is 22.5 Å². The number of sulfonamides is 1. The highest BCUT2D eigenvalue weighted by Gasteiger charge is 2.36. The van der Waals surface area contributed by atoms with Crippen LogP contribution in [0, 0.1) is 0 Å². The second-order valence-electron chi connectivity index (χ2n) is 8.72. The van der Waals surface area contributed by atoms with Crippen LogP contribution in [0.1, 0.15) is 44.2 Å². The number of nitrogens with one attached hydrogen (secondary N) is 1. The molecule has 0 radical (unpaired) electrons. The highest BCUT2D eigenvalue weighted by atomic mass is 35.5. The zero-order valence-corrected chi connectivity index (χ0v) is 24.6. The van der Waals surface area contributed by atoms with Crippen molar-refractivity contribution >= 4 is 62.3 Å². The summed E-state index contributed by atoms with van der Waals surface area (Å²) in [5.74, 6) is -1.32. The van der Waals surface area contributed by atoms with Crippen molar-refractivity contribution in [2.45, 2.75) is 51.9 Å². The van der Waals surface area contributed by atoms with Gasteiger partial charge in [0.1, 0.15) is 12.6 Å². The molecule has 0 aromatic heterocycles. The molecule has 7 nitrogen and oxygen atoms in total. The number of unbranched alkanes of at least 4 members (excludes halogenated alkanes) is 1. The van der Waals surface area contributed by atoms with E-state index in [0.29, 0.717) is 28.9 Å². The number of alkyl halides is 3. The standard InChI is InChI=1S/C25H29Cl3F3N3O4S/c1-4-6-12-32-24(36)22(5-2)33(14-17-19(26)8-7-9-20(17)27)23(35)15-34(39(3,37)38)16-10-11-21(28)18(13-16)25(29,30)31/h7-11,13,22H,4-6,12,14-15H2,1-3H3,(H,32,36)/t22-/m1/s1. The lowest BCUT2D eigenvalue weighted by molar-refractivity contribution is -0.140. The number of hydrogen-bond donors (Lipinski definition) is 1. The van der Waals surface area contributed by atoms with Crippen LogP contribution < -0.4 is 9.62 Å². The fraction of sp³-hybridized carbons (Fsp3) is 0.440. The van der Waals surface area contributed by atoms with E-state index in [4.69, 9.17) is 34.8 Å². The van der Waals surface area contributed by atoms with Gasteiger partial charge >= 0.3 is 6.18 Å². The molecule has 2 amide bonds. The van der Waals surface area contributed by atoms with Crippen LogP contribution in [0.5, 0.6) is 0 Å². The Morgan fingerprint density at radius 3 is 2.15 bits per heavy atom. The molecule has 0 saturated carbocycles. The number of nitrogens with zero attached hydrogens (tertiary/aromatic N) is 2. The van der Waals surface area contributed by atoms with Crippen LogP contribution in [-0.2, 0) is 32.3 Å². The fourth-order valence-corrected chi connectivity index (χ4v) is 5.36. The Hall–Kier alpha value is -2.21. The Kier molecular flexibility index (Phi) is 11.8. The van der Waals surface area contributed by atoms with E-state index in [1.807, 2.05) is 6.92 Å². The highest BCUT2D eigenvalue weighted by Crippen LogP contribution is 2.37. The lowest BCUT2D eigenvalue weighted by Gasteiger charge is -2.33. The van der Waals surface area contributed by atoms with Gasteiger partial charge in [0, 0.05) is 28.7 Å². The molecule has 0 fully saturated rings. The van der Waals surface area contributed by atoms with Crippen molar-refractivity contribution in [1.29, 1.82) is 0 Å². The third-order valence-electron chi connectivity index (χ3n) is 5.83. The van der Waals surface area contributed by atoms with Crippen LogP contribution in [-0.4, -0.2) is 50.5 Å². The molecule has 2 aromatic carbocycles. The van der Waals surface area contributed by atoms with E-state index in [1.54, 1.807) is 25.1 Å². The first-order chi connectivity index (χ1) is 18.1. The molecule has 0 heterocycles. The fourth-order valence-electron chi connectivity index (χ4n) is 3.78.